The van der Waals surface area contributed by atoms with Crippen LogP contribution in [-0.2, 0) is 6.54 Å². The number of carbonyl (C=O) groups is 1. The van der Waals surface area contributed by atoms with Gasteiger partial charge in [0.1, 0.15) is 5.76 Å². The van der Waals surface area contributed by atoms with E-state index in [4.69, 9.17) is 10.3 Å². The molecule has 0 radical (unpaired) electrons. The first-order valence-corrected chi connectivity index (χ1v) is 5.74. The maximum Gasteiger partial charge on any atom is 0.307 e. The van der Waals surface area contributed by atoms with Gasteiger partial charge in [-0.2, -0.15) is 0 Å². The standard InChI is InChI=1S/C10H11N3O3S/c1-6-4-7(16-8(6)9(14)12-11)5-13-2-3-17-10(13)15/h2-4H,5,11H2,1H3,(H,12,14). The van der Waals surface area contributed by atoms with Crippen LogP contribution in [0.2, 0.25) is 0 Å². The Morgan fingerprint density at radius 3 is 3.00 bits per heavy atom. The number of hydrogen-bond donors (Lipinski definition) is 2. The van der Waals surface area contributed by atoms with E-state index in [9.17, 15) is 9.59 Å². The Morgan fingerprint density at radius 2 is 2.41 bits per heavy atom. The molecule has 0 atom stereocenters. The molecule has 0 aliphatic heterocycles. The van der Waals surface area contributed by atoms with Gasteiger partial charge in [-0.05, 0) is 13.0 Å². The van der Waals surface area contributed by atoms with Crippen LogP contribution >= 0.6 is 11.3 Å². The third-order valence-electron chi connectivity index (χ3n) is 2.28. The Labute approximate surface area is 101 Å². The van der Waals surface area contributed by atoms with Gasteiger partial charge in [-0.25, -0.2) is 5.84 Å². The smallest absolute Gasteiger partial charge is 0.307 e. The number of aromatic nitrogens is 1. The number of aryl methyl sites for hydroxylation is 1. The second-order valence-electron chi connectivity index (χ2n) is 3.50. The first-order valence-electron chi connectivity index (χ1n) is 4.86. The molecule has 90 valence electrons. The summed E-state index contributed by atoms with van der Waals surface area (Å²) in [6.45, 7) is 2.05. The van der Waals surface area contributed by atoms with Crippen molar-refractivity contribution in [2.75, 3.05) is 0 Å². The van der Waals surface area contributed by atoms with Crippen molar-refractivity contribution in [3.63, 3.8) is 0 Å². The molecule has 2 aromatic heterocycles. The van der Waals surface area contributed by atoms with Gasteiger partial charge in [0.25, 0.3) is 0 Å². The number of hydrogen-bond acceptors (Lipinski definition) is 5. The second-order valence-corrected chi connectivity index (χ2v) is 4.35. The number of rotatable bonds is 3. The van der Waals surface area contributed by atoms with Crippen LogP contribution in [0.1, 0.15) is 21.9 Å². The summed E-state index contributed by atoms with van der Waals surface area (Å²) in [7, 11) is 0. The second kappa shape index (κ2) is 4.56. The Bertz CT molecular complexity index is 596. The van der Waals surface area contributed by atoms with E-state index in [2.05, 4.69) is 0 Å². The molecule has 1 amide bonds. The van der Waals surface area contributed by atoms with E-state index in [1.54, 1.807) is 24.6 Å². The van der Waals surface area contributed by atoms with Crippen LogP contribution in [0.15, 0.2) is 26.9 Å². The molecule has 0 bridgehead atoms. The number of thiazole rings is 1. The highest BCUT2D eigenvalue weighted by molar-refractivity contribution is 7.07. The molecule has 0 saturated heterocycles. The SMILES string of the molecule is Cc1cc(Cn2ccsc2=O)oc1C(=O)NN. The minimum atomic E-state index is -0.480. The number of amides is 1. The lowest BCUT2D eigenvalue weighted by atomic mass is 10.2. The summed E-state index contributed by atoms with van der Waals surface area (Å²) in [6, 6.07) is 1.72. The average Bonchev–Trinajstić information content (AvgIpc) is 2.86. The molecule has 17 heavy (non-hydrogen) atoms. The van der Waals surface area contributed by atoms with E-state index in [0.717, 1.165) is 11.3 Å². The fourth-order valence-corrected chi connectivity index (χ4v) is 2.08. The minimum Gasteiger partial charge on any atom is -0.454 e. The van der Waals surface area contributed by atoms with Crippen LogP contribution in [0.3, 0.4) is 0 Å². The van der Waals surface area contributed by atoms with Crippen molar-refractivity contribution in [3.05, 3.63) is 44.4 Å². The van der Waals surface area contributed by atoms with Crippen LogP contribution in [-0.4, -0.2) is 10.5 Å². The molecule has 0 unspecified atom stereocenters. The maximum absolute atomic E-state index is 11.3. The first kappa shape index (κ1) is 11.6. The van der Waals surface area contributed by atoms with Crippen molar-refractivity contribution in [3.8, 4) is 0 Å². The number of nitrogens with two attached hydrogens (primary N) is 1. The molecule has 3 N–H and O–H groups in total. The lowest BCUT2D eigenvalue weighted by Crippen LogP contribution is -2.30. The summed E-state index contributed by atoms with van der Waals surface area (Å²) in [6.07, 6.45) is 1.67. The predicted octanol–water partition coefficient (Wildman–Crippen LogP) is 0.463. The van der Waals surface area contributed by atoms with Gasteiger partial charge >= 0.3 is 10.8 Å². The largest absolute Gasteiger partial charge is 0.454 e. The lowest BCUT2D eigenvalue weighted by Gasteiger charge is -1.97. The summed E-state index contributed by atoms with van der Waals surface area (Å²) >= 11 is 1.11. The van der Waals surface area contributed by atoms with E-state index in [-0.39, 0.29) is 10.6 Å². The van der Waals surface area contributed by atoms with Crippen molar-refractivity contribution >= 4 is 17.2 Å². The summed E-state index contributed by atoms with van der Waals surface area (Å²) in [4.78, 5) is 22.6. The van der Waals surface area contributed by atoms with Crippen LogP contribution in [0, 0.1) is 6.92 Å². The van der Waals surface area contributed by atoms with Crippen LogP contribution in [0.4, 0.5) is 0 Å². The molecule has 2 heterocycles. The molecular formula is C10H11N3O3S. The Hall–Kier alpha value is -1.86. The van der Waals surface area contributed by atoms with Gasteiger partial charge in [0.2, 0.25) is 0 Å². The molecular weight excluding hydrogens is 242 g/mol. The maximum atomic E-state index is 11.3. The number of hydrazine groups is 1. The van der Waals surface area contributed by atoms with E-state index in [1.165, 1.54) is 4.57 Å². The molecule has 0 saturated carbocycles. The van der Waals surface area contributed by atoms with Gasteiger partial charge in [-0.3, -0.25) is 19.6 Å². The lowest BCUT2D eigenvalue weighted by molar-refractivity contribution is 0.0923. The molecule has 0 aliphatic rings. The van der Waals surface area contributed by atoms with Crippen molar-refractivity contribution in [2.45, 2.75) is 13.5 Å². The summed E-state index contributed by atoms with van der Waals surface area (Å²) in [5, 5.41) is 1.70. The highest BCUT2D eigenvalue weighted by atomic mass is 32.1. The van der Waals surface area contributed by atoms with Gasteiger partial charge < -0.3 is 4.42 Å². The number of carbonyl (C=O) groups excluding carboxylic acids is 1. The molecule has 2 rings (SSSR count). The normalized spacial score (nSPS) is 10.5. The van der Waals surface area contributed by atoms with Gasteiger partial charge in [0, 0.05) is 17.1 Å². The third kappa shape index (κ3) is 2.29. The van der Waals surface area contributed by atoms with Crippen LogP contribution in [0.25, 0.3) is 0 Å². The Morgan fingerprint density at radius 1 is 1.65 bits per heavy atom. The Balaban J connectivity index is 2.27. The molecule has 2 aromatic rings. The summed E-state index contributed by atoms with van der Waals surface area (Å²) in [5.41, 5.74) is 2.69. The summed E-state index contributed by atoms with van der Waals surface area (Å²) in [5.74, 6) is 5.26. The first-order chi connectivity index (χ1) is 8.11. The number of furan rings is 1. The van der Waals surface area contributed by atoms with E-state index in [1.807, 2.05) is 5.43 Å². The average molecular weight is 253 g/mol. The monoisotopic (exact) mass is 253 g/mol. The van der Waals surface area contributed by atoms with Gasteiger partial charge in [0.15, 0.2) is 5.76 Å². The zero-order chi connectivity index (χ0) is 12.4. The van der Waals surface area contributed by atoms with Crippen molar-refractivity contribution in [1.82, 2.24) is 9.99 Å². The molecule has 0 fully saturated rings. The van der Waals surface area contributed by atoms with E-state index >= 15 is 0 Å². The fraction of sp³-hybridized carbons (Fsp3) is 0.200. The highest BCUT2D eigenvalue weighted by Crippen LogP contribution is 2.15. The van der Waals surface area contributed by atoms with Gasteiger partial charge in [-0.1, -0.05) is 11.3 Å². The third-order valence-corrected chi connectivity index (χ3v) is 2.97. The fourth-order valence-electron chi connectivity index (χ4n) is 1.49. The summed E-state index contributed by atoms with van der Waals surface area (Å²) < 4.78 is 6.86. The van der Waals surface area contributed by atoms with E-state index in [0.29, 0.717) is 17.9 Å². The van der Waals surface area contributed by atoms with Gasteiger partial charge in [-0.15, -0.1) is 0 Å². The molecule has 0 spiro atoms. The zero-order valence-electron chi connectivity index (χ0n) is 9.10. The zero-order valence-corrected chi connectivity index (χ0v) is 9.91. The van der Waals surface area contributed by atoms with Crippen molar-refractivity contribution in [1.29, 1.82) is 0 Å². The minimum absolute atomic E-state index is 0.0659. The van der Waals surface area contributed by atoms with Crippen molar-refractivity contribution < 1.29 is 9.21 Å². The number of nitrogens with zero attached hydrogens (tertiary/aromatic N) is 1. The Kier molecular flexibility index (Phi) is 3.12. The van der Waals surface area contributed by atoms with Crippen LogP contribution in [0.5, 0.6) is 0 Å². The molecule has 7 heteroatoms. The van der Waals surface area contributed by atoms with E-state index < -0.39 is 5.91 Å². The molecule has 0 aliphatic carbocycles. The molecule has 0 aromatic carbocycles. The number of nitrogen functional groups attached to an aromatic ring is 1. The van der Waals surface area contributed by atoms with Crippen LogP contribution < -0.4 is 16.1 Å². The highest BCUT2D eigenvalue weighted by Gasteiger charge is 2.14. The number of nitrogens with one attached hydrogen (secondary N) is 1. The quantitative estimate of drug-likeness (QED) is 0.472. The predicted molar refractivity (Wildman–Crippen MR) is 62.8 cm³/mol. The topological polar surface area (TPSA) is 90.3 Å². The van der Waals surface area contributed by atoms with Gasteiger partial charge in [0.05, 0.1) is 6.54 Å². The van der Waals surface area contributed by atoms with Crippen molar-refractivity contribution in [2.24, 2.45) is 5.84 Å². The molecule has 6 nitrogen and oxygen atoms in total.